The Labute approximate surface area is 153 Å². The van der Waals surface area contributed by atoms with Gasteiger partial charge in [0.1, 0.15) is 0 Å². The molecule has 0 atom stereocenters. The van der Waals surface area contributed by atoms with Gasteiger partial charge in [-0.15, -0.1) is 11.3 Å². The average Bonchev–Trinajstić information content (AvgIpc) is 2.92. The SMILES string of the molecule is Cc1nc2ccc(C(=O)N3CCC(S(=O)(=O)CC(C)C)CC3)cc2s1. The lowest BCUT2D eigenvalue weighted by Gasteiger charge is -2.32. The van der Waals surface area contributed by atoms with E-state index in [1.807, 2.05) is 39.0 Å². The van der Waals surface area contributed by atoms with Crippen LogP contribution in [0.4, 0.5) is 0 Å². The highest BCUT2D eigenvalue weighted by atomic mass is 32.2. The van der Waals surface area contributed by atoms with E-state index < -0.39 is 9.84 Å². The molecule has 25 heavy (non-hydrogen) atoms. The van der Waals surface area contributed by atoms with E-state index in [2.05, 4.69) is 4.98 Å². The van der Waals surface area contributed by atoms with Crippen molar-refractivity contribution in [2.24, 2.45) is 5.92 Å². The number of hydrogen-bond acceptors (Lipinski definition) is 5. The molecule has 0 saturated carbocycles. The molecule has 7 heteroatoms. The first kappa shape index (κ1) is 18.3. The van der Waals surface area contributed by atoms with Gasteiger partial charge in [0.25, 0.3) is 5.91 Å². The Morgan fingerprint density at radius 2 is 2.00 bits per heavy atom. The topological polar surface area (TPSA) is 67.3 Å². The third-order valence-electron chi connectivity index (χ3n) is 4.55. The van der Waals surface area contributed by atoms with Crippen LogP contribution in [0.25, 0.3) is 10.2 Å². The molecule has 1 aromatic heterocycles. The first-order valence-electron chi connectivity index (χ1n) is 8.64. The smallest absolute Gasteiger partial charge is 0.253 e. The summed E-state index contributed by atoms with van der Waals surface area (Å²) in [6.07, 6.45) is 1.06. The molecule has 1 aliphatic rings. The second kappa shape index (κ2) is 7.03. The monoisotopic (exact) mass is 380 g/mol. The van der Waals surface area contributed by atoms with E-state index in [0.29, 0.717) is 31.5 Å². The van der Waals surface area contributed by atoms with Gasteiger partial charge in [-0.1, -0.05) is 13.8 Å². The van der Waals surface area contributed by atoms with Crippen LogP contribution in [0.15, 0.2) is 18.2 Å². The summed E-state index contributed by atoms with van der Waals surface area (Å²) >= 11 is 1.58. The molecule has 0 radical (unpaired) electrons. The minimum atomic E-state index is -3.07. The molecule has 5 nitrogen and oxygen atoms in total. The van der Waals surface area contributed by atoms with Gasteiger partial charge in [-0.05, 0) is 43.9 Å². The lowest BCUT2D eigenvalue weighted by atomic mass is 10.1. The van der Waals surface area contributed by atoms with Crippen LogP contribution in [-0.2, 0) is 9.84 Å². The summed E-state index contributed by atoms with van der Waals surface area (Å²) in [7, 11) is -3.07. The minimum absolute atomic E-state index is 0.0207. The van der Waals surface area contributed by atoms with Crippen LogP contribution in [0.3, 0.4) is 0 Å². The molecular weight excluding hydrogens is 356 g/mol. The fourth-order valence-electron chi connectivity index (χ4n) is 3.37. The van der Waals surface area contributed by atoms with Crippen LogP contribution in [-0.4, -0.2) is 48.3 Å². The number of carbonyl (C=O) groups is 1. The molecule has 136 valence electrons. The second-order valence-corrected chi connectivity index (χ2v) is 10.7. The molecule has 1 aliphatic heterocycles. The molecular formula is C18H24N2O3S2. The molecule has 1 aromatic carbocycles. The second-order valence-electron chi connectivity index (χ2n) is 7.13. The van der Waals surface area contributed by atoms with Crippen molar-refractivity contribution in [1.82, 2.24) is 9.88 Å². The summed E-state index contributed by atoms with van der Waals surface area (Å²) in [5, 5.41) is 0.668. The quantitative estimate of drug-likeness (QED) is 0.816. The summed E-state index contributed by atoms with van der Waals surface area (Å²) in [6.45, 7) is 6.80. The fraction of sp³-hybridized carbons (Fsp3) is 0.556. The Morgan fingerprint density at radius 1 is 1.32 bits per heavy atom. The largest absolute Gasteiger partial charge is 0.339 e. The highest BCUT2D eigenvalue weighted by molar-refractivity contribution is 7.92. The van der Waals surface area contributed by atoms with Crippen LogP contribution >= 0.6 is 11.3 Å². The Hall–Kier alpha value is -1.47. The van der Waals surface area contributed by atoms with Crippen LogP contribution in [0.5, 0.6) is 0 Å². The number of likely N-dealkylation sites (tertiary alicyclic amines) is 1. The van der Waals surface area contributed by atoms with E-state index in [9.17, 15) is 13.2 Å². The highest BCUT2D eigenvalue weighted by Gasteiger charge is 2.32. The number of benzene rings is 1. The number of aryl methyl sites for hydroxylation is 1. The number of carbonyl (C=O) groups excluding carboxylic acids is 1. The molecule has 1 fully saturated rings. The maximum Gasteiger partial charge on any atom is 0.253 e. The van der Waals surface area contributed by atoms with Gasteiger partial charge < -0.3 is 4.90 Å². The van der Waals surface area contributed by atoms with Gasteiger partial charge in [-0.2, -0.15) is 0 Å². The summed E-state index contributed by atoms with van der Waals surface area (Å²) in [5.74, 6) is 0.347. The maximum atomic E-state index is 12.7. The first-order chi connectivity index (χ1) is 11.8. The third kappa shape index (κ3) is 4.03. The zero-order valence-electron chi connectivity index (χ0n) is 14.9. The number of thiazole rings is 1. The van der Waals surface area contributed by atoms with Gasteiger partial charge in [-0.3, -0.25) is 4.79 Å². The number of nitrogens with zero attached hydrogens (tertiary/aromatic N) is 2. The van der Waals surface area contributed by atoms with E-state index >= 15 is 0 Å². The third-order valence-corrected chi connectivity index (χ3v) is 8.10. The van der Waals surface area contributed by atoms with Crippen molar-refractivity contribution < 1.29 is 13.2 Å². The van der Waals surface area contributed by atoms with Crippen LogP contribution in [0.2, 0.25) is 0 Å². The maximum absolute atomic E-state index is 12.7. The van der Waals surface area contributed by atoms with E-state index in [1.165, 1.54) is 0 Å². The zero-order chi connectivity index (χ0) is 18.2. The predicted octanol–water partition coefficient (Wildman–Crippen LogP) is 3.28. The fourth-order valence-corrected chi connectivity index (χ4v) is 6.37. The summed E-state index contributed by atoms with van der Waals surface area (Å²) in [5.41, 5.74) is 1.57. The number of amides is 1. The van der Waals surface area contributed by atoms with Crippen molar-refractivity contribution in [3.63, 3.8) is 0 Å². The number of aromatic nitrogens is 1. The van der Waals surface area contributed by atoms with Gasteiger partial charge in [0, 0.05) is 18.7 Å². The normalized spacial score (nSPS) is 16.7. The standard InChI is InChI=1S/C18H24N2O3S2/c1-12(2)11-25(22,23)15-6-8-20(9-7-15)18(21)14-4-5-16-17(10-14)24-13(3)19-16/h4-5,10,12,15H,6-9,11H2,1-3H3. The molecule has 1 amide bonds. The van der Waals surface area contributed by atoms with Crippen molar-refractivity contribution >= 4 is 37.3 Å². The molecule has 0 unspecified atom stereocenters. The molecule has 2 aromatic rings. The summed E-state index contributed by atoms with van der Waals surface area (Å²) < 4.78 is 25.8. The van der Waals surface area contributed by atoms with E-state index in [0.717, 1.165) is 15.2 Å². The summed E-state index contributed by atoms with van der Waals surface area (Å²) in [6, 6.07) is 5.58. The Bertz CT molecular complexity index is 879. The molecule has 0 N–H and O–H groups in total. The molecule has 3 rings (SSSR count). The molecule has 0 bridgehead atoms. The van der Waals surface area contributed by atoms with Crippen molar-refractivity contribution in [1.29, 1.82) is 0 Å². The number of rotatable bonds is 4. The van der Waals surface area contributed by atoms with Gasteiger partial charge in [-0.25, -0.2) is 13.4 Å². The molecule has 1 saturated heterocycles. The van der Waals surface area contributed by atoms with Crippen molar-refractivity contribution in [3.05, 3.63) is 28.8 Å². The number of fused-ring (bicyclic) bond motifs is 1. The summed E-state index contributed by atoms with van der Waals surface area (Å²) in [4.78, 5) is 18.9. The van der Waals surface area contributed by atoms with E-state index in [1.54, 1.807) is 16.2 Å². The van der Waals surface area contributed by atoms with E-state index in [4.69, 9.17) is 0 Å². The Balaban J connectivity index is 1.68. The lowest BCUT2D eigenvalue weighted by molar-refractivity contribution is 0.0726. The van der Waals surface area contributed by atoms with Gasteiger partial charge in [0.15, 0.2) is 9.84 Å². The average molecular weight is 381 g/mol. The Morgan fingerprint density at radius 3 is 2.64 bits per heavy atom. The number of sulfone groups is 1. The van der Waals surface area contributed by atoms with E-state index in [-0.39, 0.29) is 22.8 Å². The highest BCUT2D eigenvalue weighted by Crippen LogP contribution is 2.25. The number of piperidine rings is 1. The molecule has 0 spiro atoms. The van der Waals surface area contributed by atoms with Crippen LogP contribution in [0.1, 0.15) is 42.1 Å². The van der Waals surface area contributed by atoms with Crippen molar-refractivity contribution in [2.75, 3.05) is 18.8 Å². The molecule has 0 aliphatic carbocycles. The first-order valence-corrected chi connectivity index (χ1v) is 11.2. The number of hydrogen-bond donors (Lipinski definition) is 0. The zero-order valence-corrected chi connectivity index (χ0v) is 16.5. The van der Waals surface area contributed by atoms with Crippen LogP contribution in [0, 0.1) is 12.8 Å². The molecule has 2 heterocycles. The lowest BCUT2D eigenvalue weighted by Crippen LogP contribution is -2.43. The van der Waals surface area contributed by atoms with Gasteiger partial charge in [0.05, 0.1) is 26.2 Å². The Kier molecular flexibility index (Phi) is 5.16. The van der Waals surface area contributed by atoms with Gasteiger partial charge >= 0.3 is 0 Å². The predicted molar refractivity (Wildman–Crippen MR) is 102 cm³/mol. The van der Waals surface area contributed by atoms with Crippen molar-refractivity contribution in [3.8, 4) is 0 Å². The van der Waals surface area contributed by atoms with Crippen LogP contribution < -0.4 is 0 Å². The minimum Gasteiger partial charge on any atom is -0.339 e. The van der Waals surface area contributed by atoms with Crippen molar-refractivity contribution in [2.45, 2.75) is 38.9 Å². The van der Waals surface area contributed by atoms with Gasteiger partial charge in [0.2, 0.25) is 0 Å².